The molecule has 0 saturated heterocycles. The fourth-order valence-electron chi connectivity index (χ4n) is 6.79. The van der Waals surface area contributed by atoms with Crippen LogP contribution in [0, 0.1) is 5.82 Å². The molecular formula is C39H37FN2OSi. The topological polar surface area (TPSA) is 27.1 Å². The zero-order valence-electron chi connectivity index (χ0n) is 26.2. The van der Waals surface area contributed by atoms with Gasteiger partial charge in [0.05, 0.1) is 16.7 Å². The first-order valence-corrected chi connectivity index (χ1v) is 18.4. The SMILES string of the molecule is CC(C)c1cc(-c2ccccc2)cc(C(C)C)c1-n1c(-c2cccc3c2[Si](C)(C)Oc2cc(F)ccc2-3)nc2ccccc21. The highest BCUT2D eigenvalue weighted by molar-refractivity contribution is 6.87. The van der Waals surface area contributed by atoms with Crippen LogP contribution in [0.25, 0.3) is 50.4 Å². The molecule has 6 aromatic rings. The molecule has 5 aromatic carbocycles. The normalized spacial score (nSPS) is 13.7. The molecule has 0 fully saturated rings. The van der Waals surface area contributed by atoms with Crippen molar-refractivity contribution in [1.82, 2.24) is 9.55 Å². The molecule has 0 saturated carbocycles. The Morgan fingerprint density at radius 3 is 2.05 bits per heavy atom. The molecule has 1 aliphatic rings. The average Bonchev–Trinajstić information content (AvgIpc) is 3.39. The van der Waals surface area contributed by atoms with E-state index >= 15 is 0 Å². The quantitative estimate of drug-likeness (QED) is 0.185. The number of imidazole rings is 1. The number of hydrogen-bond donors (Lipinski definition) is 0. The van der Waals surface area contributed by atoms with Crippen LogP contribution in [0.2, 0.25) is 13.1 Å². The zero-order valence-corrected chi connectivity index (χ0v) is 27.2. The summed E-state index contributed by atoms with van der Waals surface area (Å²) < 4.78 is 23.3. The third-order valence-electron chi connectivity index (χ3n) is 8.81. The zero-order chi connectivity index (χ0) is 30.7. The second-order valence-electron chi connectivity index (χ2n) is 12.9. The lowest BCUT2D eigenvalue weighted by Crippen LogP contribution is -2.52. The lowest BCUT2D eigenvalue weighted by Gasteiger charge is -2.35. The Bertz CT molecular complexity index is 2010. The Morgan fingerprint density at radius 1 is 0.682 bits per heavy atom. The third kappa shape index (κ3) is 4.58. The van der Waals surface area contributed by atoms with Crippen molar-refractivity contribution in [3.05, 3.63) is 120 Å². The maximum Gasteiger partial charge on any atom is 0.278 e. The fraction of sp³-hybridized carbons (Fsp3) is 0.205. The molecule has 0 radical (unpaired) electrons. The van der Waals surface area contributed by atoms with E-state index in [0.717, 1.165) is 33.5 Å². The molecule has 220 valence electrons. The Kier molecular flexibility index (Phi) is 6.82. The number of aromatic nitrogens is 2. The van der Waals surface area contributed by atoms with Gasteiger partial charge in [-0.3, -0.25) is 4.57 Å². The molecule has 2 heterocycles. The van der Waals surface area contributed by atoms with Gasteiger partial charge < -0.3 is 4.43 Å². The second-order valence-corrected chi connectivity index (χ2v) is 16.6. The molecule has 0 unspecified atom stereocenters. The Balaban J connectivity index is 1.58. The van der Waals surface area contributed by atoms with Gasteiger partial charge in [-0.1, -0.05) is 88.4 Å². The molecule has 0 bridgehead atoms. The van der Waals surface area contributed by atoms with Crippen molar-refractivity contribution >= 4 is 24.5 Å². The van der Waals surface area contributed by atoms with E-state index in [1.165, 1.54) is 45.3 Å². The Labute approximate surface area is 260 Å². The lowest BCUT2D eigenvalue weighted by atomic mass is 9.88. The summed E-state index contributed by atoms with van der Waals surface area (Å²) in [5.41, 5.74) is 11.4. The Morgan fingerprint density at radius 2 is 1.34 bits per heavy atom. The van der Waals surface area contributed by atoms with Crippen molar-refractivity contribution < 1.29 is 8.82 Å². The van der Waals surface area contributed by atoms with Crippen molar-refractivity contribution in [3.8, 4) is 45.1 Å². The molecule has 1 aliphatic heterocycles. The first-order valence-electron chi connectivity index (χ1n) is 15.5. The second kappa shape index (κ2) is 10.6. The first kappa shape index (κ1) is 28.3. The first-order chi connectivity index (χ1) is 21.1. The standard InChI is InChI=1S/C39H37FN2OSi/c1-24(2)32-21-27(26-13-8-7-9-14-26)22-33(25(3)4)37(32)42-35-18-11-10-17-34(35)41-39(42)31-16-12-15-30-29-20-19-28(40)23-36(29)43-44(5,6)38(30)31/h7-25H,1-6H3. The minimum Gasteiger partial charge on any atom is -0.539 e. The van der Waals surface area contributed by atoms with Crippen molar-refractivity contribution in [3.63, 3.8) is 0 Å². The van der Waals surface area contributed by atoms with Crippen LogP contribution in [0.3, 0.4) is 0 Å². The van der Waals surface area contributed by atoms with Crippen LogP contribution in [0.4, 0.5) is 4.39 Å². The van der Waals surface area contributed by atoms with Crippen LogP contribution in [0.1, 0.15) is 50.7 Å². The van der Waals surface area contributed by atoms with E-state index in [4.69, 9.17) is 9.41 Å². The summed E-state index contributed by atoms with van der Waals surface area (Å²) in [7, 11) is -2.53. The molecule has 5 heteroatoms. The van der Waals surface area contributed by atoms with Crippen LogP contribution >= 0.6 is 0 Å². The lowest BCUT2D eigenvalue weighted by molar-refractivity contribution is 0.549. The highest BCUT2D eigenvalue weighted by Crippen LogP contribution is 2.43. The van der Waals surface area contributed by atoms with Crippen LogP contribution < -0.4 is 9.61 Å². The monoisotopic (exact) mass is 596 g/mol. The van der Waals surface area contributed by atoms with Gasteiger partial charge in [-0.2, -0.15) is 0 Å². The van der Waals surface area contributed by atoms with Crippen molar-refractivity contribution in [1.29, 1.82) is 0 Å². The van der Waals surface area contributed by atoms with Gasteiger partial charge in [-0.25, -0.2) is 9.37 Å². The highest BCUT2D eigenvalue weighted by atomic mass is 28.4. The fourth-order valence-corrected chi connectivity index (χ4v) is 9.32. The number of halogens is 1. The molecule has 0 aliphatic carbocycles. The number of fused-ring (bicyclic) bond motifs is 4. The highest BCUT2D eigenvalue weighted by Gasteiger charge is 2.39. The molecule has 0 spiro atoms. The van der Waals surface area contributed by atoms with Crippen molar-refractivity contribution in [2.45, 2.75) is 52.6 Å². The summed E-state index contributed by atoms with van der Waals surface area (Å²) in [5, 5.41) is 1.19. The largest absolute Gasteiger partial charge is 0.539 e. The van der Waals surface area contributed by atoms with Gasteiger partial charge in [0, 0.05) is 17.2 Å². The number of rotatable bonds is 5. The van der Waals surface area contributed by atoms with E-state index in [1.807, 2.05) is 6.07 Å². The molecular weight excluding hydrogens is 560 g/mol. The molecule has 1 aromatic heterocycles. The molecule has 3 nitrogen and oxygen atoms in total. The number of benzene rings is 5. The van der Waals surface area contributed by atoms with Crippen LogP contribution in [0.5, 0.6) is 5.75 Å². The van der Waals surface area contributed by atoms with Crippen molar-refractivity contribution in [2.75, 3.05) is 0 Å². The van der Waals surface area contributed by atoms with E-state index < -0.39 is 8.32 Å². The van der Waals surface area contributed by atoms with Crippen molar-refractivity contribution in [2.24, 2.45) is 0 Å². The summed E-state index contributed by atoms with van der Waals surface area (Å²) in [6.45, 7) is 13.5. The van der Waals surface area contributed by atoms with Gasteiger partial charge in [0.1, 0.15) is 17.4 Å². The summed E-state index contributed by atoms with van der Waals surface area (Å²) >= 11 is 0. The number of hydrogen-bond acceptors (Lipinski definition) is 2. The van der Waals surface area contributed by atoms with Gasteiger partial charge in [0.15, 0.2) is 0 Å². The van der Waals surface area contributed by atoms with Gasteiger partial charge in [-0.05, 0) is 94.3 Å². The van der Waals surface area contributed by atoms with Crippen LogP contribution in [0.15, 0.2) is 103 Å². The maximum atomic E-state index is 14.3. The minimum absolute atomic E-state index is 0.279. The molecule has 7 rings (SSSR count). The Hall–Kier alpha value is -4.48. The molecule has 44 heavy (non-hydrogen) atoms. The van der Waals surface area contributed by atoms with Gasteiger partial charge in [0.2, 0.25) is 0 Å². The predicted octanol–water partition coefficient (Wildman–Crippen LogP) is 10.2. The van der Waals surface area contributed by atoms with E-state index in [0.29, 0.717) is 5.75 Å². The maximum absolute atomic E-state index is 14.3. The minimum atomic E-state index is -2.53. The van der Waals surface area contributed by atoms with Crippen LogP contribution in [-0.4, -0.2) is 17.9 Å². The summed E-state index contributed by atoms with van der Waals surface area (Å²) in [6.07, 6.45) is 0. The molecule has 0 atom stereocenters. The van der Waals surface area contributed by atoms with Gasteiger partial charge >= 0.3 is 0 Å². The summed E-state index contributed by atoms with van der Waals surface area (Å²) in [5.74, 6) is 1.81. The smallest absolute Gasteiger partial charge is 0.278 e. The number of nitrogens with zero attached hydrogens (tertiary/aromatic N) is 2. The van der Waals surface area contributed by atoms with E-state index in [1.54, 1.807) is 0 Å². The third-order valence-corrected chi connectivity index (χ3v) is 11.3. The summed E-state index contributed by atoms with van der Waals surface area (Å²) in [4.78, 5) is 5.35. The van der Waals surface area contributed by atoms with Gasteiger partial charge in [0.25, 0.3) is 8.32 Å². The average molecular weight is 597 g/mol. The predicted molar refractivity (Wildman–Crippen MR) is 183 cm³/mol. The molecule has 0 N–H and O–H groups in total. The molecule has 0 amide bonds. The summed E-state index contributed by atoms with van der Waals surface area (Å²) in [6, 6.07) is 35.1. The number of para-hydroxylation sites is 2. The van der Waals surface area contributed by atoms with Crippen LogP contribution in [-0.2, 0) is 0 Å². The van der Waals surface area contributed by atoms with E-state index in [2.05, 4.69) is 130 Å². The van der Waals surface area contributed by atoms with E-state index in [9.17, 15) is 4.39 Å². The van der Waals surface area contributed by atoms with Gasteiger partial charge in [-0.15, -0.1) is 0 Å². The van der Waals surface area contributed by atoms with E-state index in [-0.39, 0.29) is 17.7 Å².